The highest BCUT2D eigenvalue weighted by molar-refractivity contribution is 5.98. The number of hydrogen-bond donors (Lipinski definition) is 1. The standard InChI is InChI=1S/C19H16F3N/c1-12-16-8-3-4-9-17(16)13(2)18(12)23-15-7-5-6-14(10-15)11-19(20,21)22/h3-10,18,23H,1-2,11H2. The van der Waals surface area contributed by atoms with Crippen LogP contribution in [0.15, 0.2) is 61.7 Å². The lowest BCUT2D eigenvalue weighted by Gasteiger charge is -2.18. The molecule has 23 heavy (non-hydrogen) atoms. The Hall–Kier alpha value is -2.49. The third-order valence-electron chi connectivity index (χ3n) is 3.96. The summed E-state index contributed by atoms with van der Waals surface area (Å²) in [5.41, 5.74) is 4.68. The second-order valence-electron chi connectivity index (χ2n) is 5.67. The number of halogens is 3. The molecule has 1 nitrogen and oxygen atoms in total. The Morgan fingerprint density at radius 3 is 2.09 bits per heavy atom. The van der Waals surface area contributed by atoms with Gasteiger partial charge in [-0.2, -0.15) is 13.2 Å². The molecule has 0 aromatic heterocycles. The topological polar surface area (TPSA) is 12.0 Å². The van der Waals surface area contributed by atoms with E-state index in [1.54, 1.807) is 12.1 Å². The molecular formula is C19H16F3N. The molecule has 2 aromatic rings. The van der Waals surface area contributed by atoms with Gasteiger partial charge >= 0.3 is 6.18 Å². The van der Waals surface area contributed by atoms with Crippen LogP contribution in [0.1, 0.15) is 16.7 Å². The molecule has 0 radical (unpaired) electrons. The molecule has 1 aliphatic rings. The molecule has 1 N–H and O–H groups in total. The molecule has 0 saturated carbocycles. The van der Waals surface area contributed by atoms with Gasteiger partial charge in [0.05, 0.1) is 12.5 Å². The van der Waals surface area contributed by atoms with Gasteiger partial charge in [0.2, 0.25) is 0 Å². The number of nitrogens with one attached hydrogen (secondary N) is 1. The lowest BCUT2D eigenvalue weighted by atomic mass is 10.1. The molecule has 0 amide bonds. The molecule has 0 fully saturated rings. The van der Waals surface area contributed by atoms with E-state index in [0.717, 1.165) is 22.3 Å². The zero-order chi connectivity index (χ0) is 16.6. The minimum atomic E-state index is -4.21. The van der Waals surface area contributed by atoms with E-state index in [0.29, 0.717) is 5.69 Å². The largest absolute Gasteiger partial charge is 0.393 e. The average molecular weight is 315 g/mol. The van der Waals surface area contributed by atoms with E-state index in [-0.39, 0.29) is 11.6 Å². The quantitative estimate of drug-likeness (QED) is 0.809. The van der Waals surface area contributed by atoms with E-state index in [4.69, 9.17) is 0 Å². The summed E-state index contributed by atoms with van der Waals surface area (Å²) in [6.45, 7) is 8.20. The number of alkyl halides is 3. The van der Waals surface area contributed by atoms with Crippen LogP contribution in [0.5, 0.6) is 0 Å². The van der Waals surface area contributed by atoms with Crippen LogP contribution in [0, 0.1) is 0 Å². The number of anilines is 1. The second kappa shape index (κ2) is 5.61. The lowest BCUT2D eigenvalue weighted by Crippen LogP contribution is -2.17. The average Bonchev–Trinajstić information content (AvgIpc) is 2.72. The third-order valence-corrected chi connectivity index (χ3v) is 3.96. The minimum absolute atomic E-state index is 0.200. The Morgan fingerprint density at radius 2 is 1.52 bits per heavy atom. The number of fused-ring (bicyclic) bond motifs is 1. The van der Waals surface area contributed by atoms with Crippen LogP contribution in [-0.4, -0.2) is 12.2 Å². The van der Waals surface area contributed by atoms with Crippen molar-refractivity contribution in [1.29, 1.82) is 0 Å². The van der Waals surface area contributed by atoms with E-state index in [1.165, 1.54) is 12.1 Å². The van der Waals surface area contributed by atoms with Crippen LogP contribution >= 0.6 is 0 Å². The highest BCUT2D eigenvalue weighted by Gasteiger charge is 2.30. The van der Waals surface area contributed by atoms with Crippen LogP contribution in [0.2, 0.25) is 0 Å². The van der Waals surface area contributed by atoms with E-state index in [9.17, 15) is 13.2 Å². The normalized spacial score (nSPS) is 14.9. The SMILES string of the molecule is C=C1c2ccccc2C(=C)C1Nc1cccc(CC(F)(F)F)c1. The molecule has 1 aliphatic carbocycles. The molecule has 2 aromatic carbocycles. The molecule has 118 valence electrons. The molecule has 0 saturated heterocycles. The van der Waals surface area contributed by atoms with E-state index >= 15 is 0 Å². The van der Waals surface area contributed by atoms with Crippen LogP contribution in [-0.2, 0) is 6.42 Å². The Kier molecular flexibility index (Phi) is 3.76. The second-order valence-corrected chi connectivity index (χ2v) is 5.67. The summed E-state index contributed by atoms with van der Waals surface area (Å²) in [5, 5.41) is 3.25. The fourth-order valence-electron chi connectivity index (χ4n) is 2.91. The van der Waals surface area contributed by atoms with Gasteiger partial charge in [0.15, 0.2) is 0 Å². The van der Waals surface area contributed by atoms with Crippen molar-refractivity contribution < 1.29 is 13.2 Å². The van der Waals surface area contributed by atoms with Crippen molar-refractivity contribution in [2.45, 2.75) is 18.6 Å². The predicted octanol–water partition coefficient (Wildman–Crippen LogP) is 5.31. The van der Waals surface area contributed by atoms with Gasteiger partial charge in [-0.3, -0.25) is 0 Å². The molecule has 3 rings (SSSR count). The maximum atomic E-state index is 12.5. The first-order chi connectivity index (χ1) is 10.8. The third kappa shape index (κ3) is 3.16. The number of hydrogen-bond acceptors (Lipinski definition) is 1. The van der Waals surface area contributed by atoms with Gasteiger partial charge < -0.3 is 5.32 Å². The summed E-state index contributed by atoms with van der Waals surface area (Å²) in [7, 11) is 0. The van der Waals surface area contributed by atoms with Gasteiger partial charge in [-0.15, -0.1) is 0 Å². The van der Waals surface area contributed by atoms with Gasteiger partial charge in [0, 0.05) is 5.69 Å². The monoisotopic (exact) mass is 315 g/mol. The van der Waals surface area contributed by atoms with Gasteiger partial charge in [0.1, 0.15) is 0 Å². The van der Waals surface area contributed by atoms with E-state index in [2.05, 4.69) is 18.5 Å². The van der Waals surface area contributed by atoms with Crippen LogP contribution in [0.4, 0.5) is 18.9 Å². The Labute approximate surface area is 133 Å². The summed E-state index contributed by atoms with van der Waals surface area (Å²) in [6, 6.07) is 14.0. The zero-order valence-electron chi connectivity index (χ0n) is 12.5. The molecule has 4 heteroatoms. The summed E-state index contributed by atoms with van der Waals surface area (Å²) in [6.07, 6.45) is -5.15. The zero-order valence-corrected chi connectivity index (χ0v) is 12.5. The Balaban J connectivity index is 1.82. The highest BCUT2D eigenvalue weighted by atomic mass is 19.4. The maximum absolute atomic E-state index is 12.5. The Bertz CT molecular complexity index is 739. The van der Waals surface area contributed by atoms with Gasteiger partial charge in [-0.05, 0) is 40.0 Å². The summed E-state index contributed by atoms with van der Waals surface area (Å²) >= 11 is 0. The summed E-state index contributed by atoms with van der Waals surface area (Å²) in [5.74, 6) is 0. The van der Waals surface area contributed by atoms with Crippen molar-refractivity contribution >= 4 is 16.8 Å². The van der Waals surface area contributed by atoms with Crippen molar-refractivity contribution in [2.75, 3.05) is 5.32 Å². The Morgan fingerprint density at radius 1 is 0.913 bits per heavy atom. The van der Waals surface area contributed by atoms with Crippen molar-refractivity contribution in [3.63, 3.8) is 0 Å². The smallest absolute Gasteiger partial charge is 0.374 e. The van der Waals surface area contributed by atoms with Gasteiger partial charge in [0.25, 0.3) is 0 Å². The van der Waals surface area contributed by atoms with Crippen LogP contribution in [0.25, 0.3) is 11.1 Å². The molecule has 0 spiro atoms. The van der Waals surface area contributed by atoms with Gasteiger partial charge in [-0.25, -0.2) is 0 Å². The highest BCUT2D eigenvalue weighted by Crippen LogP contribution is 2.40. The molecule has 0 bridgehead atoms. The molecule has 0 heterocycles. The van der Waals surface area contributed by atoms with E-state index < -0.39 is 12.6 Å². The fourth-order valence-corrected chi connectivity index (χ4v) is 2.91. The fraction of sp³-hybridized carbons (Fsp3) is 0.158. The van der Waals surface area contributed by atoms with Crippen molar-refractivity contribution in [2.24, 2.45) is 0 Å². The first kappa shape index (κ1) is 15.4. The minimum Gasteiger partial charge on any atom is -0.374 e. The predicted molar refractivity (Wildman–Crippen MR) is 88.1 cm³/mol. The summed E-state index contributed by atoms with van der Waals surface area (Å²) in [4.78, 5) is 0. The van der Waals surface area contributed by atoms with Crippen molar-refractivity contribution in [3.05, 3.63) is 78.4 Å². The van der Waals surface area contributed by atoms with Gasteiger partial charge in [-0.1, -0.05) is 49.6 Å². The number of rotatable bonds is 3. The van der Waals surface area contributed by atoms with Crippen LogP contribution in [0.3, 0.4) is 0 Å². The summed E-state index contributed by atoms with van der Waals surface area (Å²) < 4.78 is 37.6. The molecule has 0 atom stereocenters. The number of benzene rings is 2. The lowest BCUT2D eigenvalue weighted by molar-refractivity contribution is -0.127. The van der Waals surface area contributed by atoms with Crippen LogP contribution < -0.4 is 5.32 Å². The van der Waals surface area contributed by atoms with Crippen molar-refractivity contribution in [3.8, 4) is 0 Å². The molecular weight excluding hydrogens is 299 g/mol. The van der Waals surface area contributed by atoms with Crippen molar-refractivity contribution in [1.82, 2.24) is 0 Å². The first-order valence-electron chi connectivity index (χ1n) is 7.25. The first-order valence-corrected chi connectivity index (χ1v) is 7.25. The molecule has 0 unspecified atom stereocenters. The van der Waals surface area contributed by atoms with E-state index in [1.807, 2.05) is 24.3 Å². The maximum Gasteiger partial charge on any atom is 0.393 e. The molecule has 0 aliphatic heterocycles.